The highest BCUT2D eigenvalue weighted by Crippen LogP contribution is 2.58. The zero-order chi connectivity index (χ0) is 14.6. The van der Waals surface area contributed by atoms with Crippen molar-refractivity contribution >= 4 is 45.2 Å². The number of amides is 1. The van der Waals surface area contributed by atoms with Gasteiger partial charge in [-0.2, -0.15) is 0 Å². The molecule has 0 N–H and O–H groups in total. The van der Waals surface area contributed by atoms with Gasteiger partial charge in [-0.25, -0.2) is 0 Å². The lowest BCUT2D eigenvalue weighted by Crippen LogP contribution is -2.45. The van der Waals surface area contributed by atoms with Gasteiger partial charge in [0.1, 0.15) is 0 Å². The Kier molecular flexibility index (Phi) is 2.81. The molecule has 2 aliphatic heterocycles. The van der Waals surface area contributed by atoms with Gasteiger partial charge in [0.05, 0.1) is 11.1 Å². The van der Waals surface area contributed by atoms with E-state index in [2.05, 4.69) is 36.6 Å². The predicted molar refractivity (Wildman–Crippen MR) is 91.6 cm³/mol. The lowest BCUT2D eigenvalue weighted by molar-refractivity contribution is -0.123. The Morgan fingerprint density at radius 2 is 2.00 bits per heavy atom. The molecule has 4 rings (SSSR count). The second kappa shape index (κ2) is 4.49. The van der Waals surface area contributed by atoms with Gasteiger partial charge in [0.2, 0.25) is 5.91 Å². The summed E-state index contributed by atoms with van der Waals surface area (Å²) in [5, 5.41) is 2.10. The molecule has 0 saturated carbocycles. The van der Waals surface area contributed by atoms with Gasteiger partial charge in [-0.15, -0.1) is 23.1 Å². The second-order valence-electron chi connectivity index (χ2n) is 5.68. The molecule has 2 aliphatic rings. The molecule has 1 atom stereocenters. The summed E-state index contributed by atoms with van der Waals surface area (Å²) in [4.78, 5) is 17.3. The van der Waals surface area contributed by atoms with E-state index in [1.807, 2.05) is 35.8 Å². The van der Waals surface area contributed by atoms with Gasteiger partial charge in [-0.1, -0.05) is 24.3 Å². The Morgan fingerprint density at radius 3 is 2.76 bits per heavy atom. The third-order valence-corrected chi connectivity index (χ3v) is 6.79. The molecule has 0 aliphatic carbocycles. The number of nitrogens with zero attached hydrogens (tertiary/aromatic N) is 1. The topological polar surface area (TPSA) is 20.3 Å². The first-order valence-electron chi connectivity index (χ1n) is 6.92. The number of rotatable bonds is 1. The van der Waals surface area contributed by atoms with E-state index in [1.54, 1.807) is 11.3 Å². The van der Waals surface area contributed by atoms with Crippen molar-refractivity contribution in [3.05, 3.63) is 52.2 Å². The van der Waals surface area contributed by atoms with E-state index in [9.17, 15) is 4.79 Å². The van der Waals surface area contributed by atoms with E-state index in [-0.39, 0.29) is 5.91 Å². The Labute approximate surface area is 132 Å². The van der Waals surface area contributed by atoms with Crippen molar-refractivity contribution < 1.29 is 4.79 Å². The van der Waals surface area contributed by atoms with Crippen LogP contribution in [0, 0.1) is 5.41 Å². The minimum atomic E-state index is -0.410. The van der Waals surface area contributed by atoms with Crippen LogP contribution in [-0.2, 0) is 4.79 Å². The second-order valence-corrected chi connectivity index (χ2v) is 7.62. The van der Waals surface area contributed by atoms with Gasteiger partial charge in [0.15, 0.2) is 0 Å². The Morgan fingerprint density at radius 1 is 1.19 bits per heavy atom. The fraction of sp³-hybridized carbons (Fsp3) is 0.235. The number of hydrogen-bond acceptors (Lipinski definition) is 3. The van der Waals surface area contributed by atoms with Gasteiger partial charge in [-0.3, -0.25) is 4.79 Å². The smallest absolute Gasteiger partial charge is 0.238 e. The summed E-state index contributed by atoms with van der Waals surface area (Å²) in [7, 11) is 1.89. The molecule has 1 unspecified atom stereocenters. The first-order chi connectivity index (χ1) is 10.1. The summed E-state index contributed by atoms with van der Waals surface area (Å²) >= 11 is 3.56. The predicted octanol–water partition coefficient (Wildman–Crippen LogP) is 4.35. The molecule has 3 heterocycles. The van der Waals surface area contributed by atoms with E-state index >= 15 is 0 Å². The van der Waals surface area contributed by atoms with Gasteiger partial charge in [0, 0.05) is 28.1 Å². The number of para-hydroxylation sites is 1. The van der Waals surface area contributed by atoms with Gasteiger partial charge < -0.3 is 4.90 Å². The van der Waals surface area contributed by atoms with Crippen molar-refractivity contribution in [1.29, 1.82) is 0 Å². The number of carbonyl (C=O) groups excluding carboxylic acids is 1. The molecule has 1 aromatic heterocycles. The third-order valence-electron chi connectivity index (χ3n) is 4.34. The molecule has 4 heteroatoms. The molecule has 0 bridgehead atoms. The standard InChI is InChI=1S/C17H15NOS2/c1-17-10-21-15(13-8-5-9-20-13)14(17)11-6-3-4-7-12(11)18(2)16(17)19/h3-9H,10H2,1-2H3. The van der Waals surface area contributed by atoms with Crippen LogP contribution in [0.5, 0.6) is 0 Å². The summed E-state index contributed by atoms with van der Waals surface area (Å²) in [5.74, 6) is 1.03. The van der Waals surface area contributed by atoms with Crippen LogP contribution in [-0.4, -0.2) is 18.7 Å². The van der Waals surface area contributed by atoms with Crippen LogP contribution >= 0.6 is 23.1 Å². The zero-order valence-electron chi connectivity index (χ0n) is 11.9. The van der Waals surface area contributed by atoms with Crippen LogP contribution in [0.1, 0.15) is 17.4 Å². The van der Waals surface area contributed by atoms with Crippen molar-refractivity contribution in [1.82, 2.24) is 0 Å². The normalized spacial score (nSPS) is 24.3. The van der Waals surface area contributed by atoms with Crippen LogP contribution in [0.25, 0.3) is 10.5 Å². The Hall–Kier alpha value is -1.52. The maximum Gasteiger partial charge on any atom is 0.238 e. The van der Waals surface area contributed by atoms with Crippen LogP contribution in [0.3, 0.4) is 0 Å². The summed E-state index contributed by atoms with van der Waals surface area (Å²) in [5.41, 5.74) is 3.03. The maximum absolute atomic E-state index is 12.9. The molecule has 0 radical (unpaired) electrons. The van der Waals surface area contributed by atoms with Crippen molar-refractivity contribution in [3.8, 4) is 0 Å². The van der Waals surface area contributed by atoms with E-state index in [0.717, 1.165) is 11.4 Å². The van der Waals surface area contributed by atoms with Crippen molar-refractivity contribution in [3.63, 3.8) is 0 Å². The maximum atomic E-state index is 12.9. The quantitative estimate of drug-likeness (QED) is 0.780. The van der Waals surface area contributed by atoms with E-state index in [1.165, 1.54) is 20.9 Å². The van der Waals surface area contributed by atoms with Crippen LogP contribution in [0.2, 0.25) is 0 Å². The highest BCUT2D eigenvalue weighted by Gasteiger charge is 2.50. The fourth-order valence-electron chi connectivity index (χ4n) is 3.26. The van der Waals surface area contributed by atoms with Crippen molar-refractivity contribution in [2.45, 2.75) is 6.92 Å². The molecule has 21 heavy (non-hydrogen) atoms. The first-order valence-corrected chi connectivity index (χ1v) is 8.78. The fourth-order valence-corrected chi connectivity index (χ4v) is 5.64. The van der Waals surface area contributed by atoms with Gasteiger partial charge in [0.25, 0.3) is 0 Å². The number of thiophene rings is 1. The first kappa shape index (κ1) is 13.2. The Bertz CT molecular complexity index is 763. The number of benzene rings is 1. The summed E-state index contributed by atoms with van der Waals surface area (Å²) in [6, 6.07) is 12.5. The largest absolute Gasteiger partial charge is 0.314 e. The molecule has 0 saturated heterocycles. The SMILES string of the molecule is CN1C(=O)C2(C)CSC(c3cccs3)=C2c2ccccc21. The Balaban J connectivity index is 2.05. The lowest BCUT2D eigenvalue weighted by atomic mass is 9.75. The molecule has 1 amide bonds. The molecule has 1 aromatic carbocycles. The molecular weight excluding hydrogens is 298 g/mol. The van der Waals surface area contributed by atoms with Crippen LogP contribution < -0.4 is 4.90 Å². The van der Waals surface area contributed by atoms with Crippen LogP contribution in [0.4, 0.5) is 5.69 Å². The number of hydrogen-bond donors (Lipinski definition) is 0. The van der Waals surface area contributed by atoms with Gasteiger partial charge in [-0.05, 0) is 30.0 Å². The van der Waals surface area contributed by atoms with Crippen molar-refractivity contribution in [2.75, 3.05) is 17.7 Å². The highest BCUT2D eigenvalue weighted by molar-refractivity contribution is 8.09. The number of fused-ring (bicyclic) bond motifs is 3. The molecule has 0 spiro atoms. The number of carbonyl (C=O) groups is 1. The number of thioether (sulfide) groups is 1. The number of anilines is 1. The summed E-state index contributed by atoms with van der Waals surface area (Å²) in [6.07, 6.45) is 0. The highest BCUT2D eigenvalue weighted by atomic mass is 32.2. The summed E-state index contributed by atoms with van der Waals surface area (Å²) in [6.45, 7) is 2.09. The molecule has 2 nitrogen and oxygen atoms in total. The summed E-state index contributed by atoms with van der Waals surface area (Å²) < 4.78 is 0. The van der Waals surface area contributed by atoms with Crippen LogP contribution in [0.15, 0.2) is 41.8 Å². The van der Waals surface area contributed by atoms with Crippen molar-refractivity contribution in [2.24, 2.45) is 5.41 Å². The van der Waals surface area contributed by atoms with E-state index in [0.29, 0.717) is 0 Å². The lowest BCUT2D eigenvalue weighted by Gasteiger charge is -2.38. The molecule has 106 valence electrons. The molecular formula is C17H15NOS2. The average molecular weight is 313 g/mol. The molecule has 2 aromatic rings. The van der Waals surface area contributed by atoms with Gasteiger partial charge >= 0.3 is 0 Å². The minimum Gasteiger partial charge on any atom is -0.314 e. The monoisotopic (exact) mass is 313 g/mol. The minimum absolute atomic E-state index is 0.204. The average Bonchev–Trinajstić information content (AvgIpc) is 3.13. The molecule has 0 fully saturated rings. The van der Waals surface area contributed by atoms with E-state index in [4.69, 9.17) is 0 Å². The van der Waals surface area contributed by atoms with E-state index < -0.39 is 5.41 Å². The zero-order valence-corrected chi connectivity index (χ0v) is 13.6. The third kappa shape index (κ3) is 1.69.